The van der Waals surface area contributed by atoms with E-state index in [-0.39, 0.29) is 24.2 Å². The van der Waals surface area contributed by atoms with Gasteiger partial charge < -0.3 is 19.7 Å². The topological polar surface area (TPSA) is 110 Å². The predicted molar refractivity (Wildman–Crippen MR) is 134 cm³/mol. The van der Waals surface area contributed by atoms with Crippen molar-refractivity contribution in [2.24, 2.45) is 0 Å². The van der Waals surface area contributed by atoms with Crippen LogP contribution < -0.4 is 19.7 Å². The van der Waals surface area contributed by atoms with Crippen molar-refractivity contribution >= 4 is 40.6 Å². The Morgan fingerprint density at radius 2 is 1.89 bits per heavy atom. The minimum atomic E-state index is -0.609. The fraction of sp³-hybridized carbons (Fsp3) is 0.250. The van der Waals surface area contributed by atoms with Gasteiger partial charge in [0.25, 0.3) is 0 Å². The Morgan fingerprint density at radius 3 is 2.51 bits per heavy atom. The molecule has 0 bridgehead atoms. The number of anilines is 2. The molecule has 1 unspecified atom stereocenters. The molecular formula is C24H24N6O4S. The van der Waals surface area contributed by atoms with E-state index in [1.165, 1.54) is 12.0 Å². The van der Waals surface area contributed by atoms with Crippen molar-refractivity contribution in [3.63, 3.8) is 0 Å². The Labute approximate surface area is 207 Å². The molecule has 0 saturated carbocycles. The lowest BCUT2D eigenvalue weighted by Gasteiger charge is -2.22. The minimum absolute atomic E-state index is 0.0301. The molecule has 1 fully saturated rings. The number of rotatable bonds is 9. The third-order valence-corrected chi connectivity index (χ3v) is 5.97. The van der Waals surface area contributed by atoms with Crippen LogP contribution in [0, 0.1) is 0 Å². The first kappa shape index (κ1) is 24.0. The number of hydrogen-bond donors (Lipinski definition) is 1. The monoisotopic (exact) mass is 492 g/mol. The summed E-state index contributed by atoms with van der Waals surface area (Å²) in [6.45, 7) is 0.377. The smallest absolute Gasteiger partial charge is 0.330 e. The van der Waals surface area contributed by atoms with Crippen LogP contribution in [-0.4, -0.2) is 63.8 Å². The molecule has 2 aromatic heterocycles. The number of carbonyl (C=O) groups excluding carboxylic acids is 2. The molecule has 180 valence electrons. The highest BCUT2D eigenvalue weighted by Crippen LogP contribution is 2.28. The van der Waals surface area contributed by atoms with Crippen molar-refractivity contribution in [1.29, 1.82) is 0 Å². The van der Waals surface area contributed by atoms with E-state index in [1.54, 1.807) is 48.7 Å². The highest BCUT2D eigenvalue weighted by Gasteiger charge is 2.43. The fourth-order valence-electron chi connectivity index (χ4n) is 3.72. The molecule has 4 rings (SSSR count). The lowest BCUT2D eigenvalue weighted by molar-refractivity contribution is -0.116. The summed E-state index contributed by atoms with van der Waals surface area (Å²) in [5, 5.41) is 10.5. The zero-order valence-corrected chi connectivity index (χ0v) is 20.1. The van der Waals surface area contributed by atoms with Gasteiger partial charge in [-0.3, -0.25) is 14.7 Å². The number of nitrogens with zero attached hydrogens (tertiary/aromatic N) is 5. The lowest BCUT2D eigenvalue weighted by Crippen LogP contribution is -2.39. The van der Waals surface area contributed by atoms with E-state index in [0.717, 1.165) is 11.3 Å². The normalized spacial score (nSPS) is 15.3. The average molecular weight is 493 g/mol. The Balaban J connectivity index is 1.52. The maximum absolute atomic E-state index is 13.4. The van der Waals surface area contributed by atoms with Crippen LogP contribution in [0.25, 0.3) is 0 Å². The first-order valence-corrected chi connectivity index (χ1v) is 11.3. The number of amides is 3. The van der Waals surface area contributed by atoms with Crippen LogP contribution in [0.2, 0.25) is 0 Å². The molecule has 3 aromatic rings. The van der Waals surface area contributed by atoms with Crippen molar-refractivity contribution in [2.45, 2.75) is 18.9 Å². The second-order valence-corrected chi connectivity index (χ2v) is 8.11. The van der Waals surface area contributed by atoms with Crippen LogP contribution in [0.3, 0.4) is 0 Å². The summed E-state index contributed by atoms with van der Waals surface area (Å²) in [6.07, 6.45) is 3.75. The summed E-state index contributed by atoms with van der Waals surface area (Å²) in [5.74, 6) is 1.03. The number of pyridine rings is 1. The first-order chi connectivity index (χ1) is 17.0. The van der Waals surface area contributed by atoms with Gasteiger partial charge in [-0.15, -0.1) is 10.2 Å². The molecule has 11 heteroatoms. The maximum Gasteiger partial charge on any atom is 0.330 e. The van der Waals surface area contributed by atoms with E-state index in [9.17, 15) is 9.59 Å². The van der Waals surface area contributed by atoms with Crippen LogP contribution in [0.5, 0.6) is 11.6 Å². The molecule has 1 N–H and O–H groups in total. The average Bonchev–Trinajstić information content (AvgIpc) is 3.12. The zero-order valence-electron chi connectivity index (χ0n) is 19.2. The molecule has 0 spiro atoms. The van der Waals surface area contributed by atoms with Crippen LogP contribution in [0.1, 0.15) is 12.0 Å². The SMILES string of the molecule is COc1ccc(CCN2C(=O)N(c3cccnc3)C(=S)C2CC(=O)Nc2ccc(OC)nn2)cc1. The quantitative estimate of drug-likeness (QED) is 0.454. The second-order valence-electron chi connectivity index (χ2n) is 7.69. The van der Waals surface area contributed by atoms with E-state index in [0.29, 0.717) is 29.5 Å². The van der Waals surface area contributed by atoms with Gasteiger partial charge in [0.2, 0.25) is 11.8 Å². The number of carbonyl (C=O) groups is 2. The third-order valence-electron chi connectivity index (χ3n) is 5.52. The van der Waals surface area contributed by atoms with Crippen molar-refractivity contribution in [3.05, 3.63) is 66.5 Å². The summed E-state index contributed by atoms with van der Waals surface area (Å²) >= 11 is 5.67. The van der Waals surface area contributed by atoms with Gasteiger partial charge in [0.15, 0.2) is 5.82 Å². The standard InChI is InChI=1S/C24H24N6O4S/c1-33-18-7-5-16(6-8-18)11-13-29-19(14-21(31)26-20-9-10-22(34-2)28-27-20)23(35)30(24(29)32)17-4-3-12-25-15-17/h3-10,12,15,19H,11,13-14H2,1-2H3,(H,26,27,31). The molecule has 0 radical (unpaired) electrons. The van der Waals surface area contributed by atoms with Crippen molar-refractivity contribution in [3.8, 4) is 11.6 Å². The maximum atomic E-state index is 13.4. The number of ether oxygens (including phenoxy) is 2. The van der Waals surface area contributed by atoms with Gasteiger partial charge in [-0.05, 0) is 42.3 Å². The van der Waals surface area contributed by atoms with Gasteiger partial charge in [0, 0.05) is 18.8 Å². The predicted octanol–water partition coefficient (Wildman–Crippen LogP) is 3.10. The first-order valence-electron chi connectivity index (χ1n) is 10.8. The Morgan fingerprint density at radius 1 is 1.09 bits per heavy atom. The van der Waals surface area contributed by atoms with Gasteiger partial charge >= 0.3 is 6.03 Å². The number of urea groups is 1. The summed E-state index contributed by atoms with van der Waals surface area (Å²) in [5.41, 5.74) is 1.59. The van der Waals surface area contributed by atoms with Gasteiger partial charge in [-0.25, -0.2) is 4.79 Å². The number of hydrogen-bond acceptors (Lipinski definition) is 8. The number of benzene rings is 1. The van der Waals surface area contributed by atoms with Crippen LogP contribution in [-0.2, 0) is 11.2 Å². The molecular weight excluding hydrogens is 468 g/mol. The van der Waals surface area contributed by atoms with E-state index >= 15 is 0 Å². The highest BCUT2D eigenvalue weighted by molar-refractivity contribution is 7.80. The number of thiocarbonyl (C=S) groups is 1. The molecule has 10 nitrogen and oxygen atoms in total. The summed E-state index contributed by atoms with van der Waals surface area (Å²) in [7, 11) is 3.09. The molecule has 0 aliphatic carbocycles. The van der Waals surface area contributed by atoms with E-state index in [2.05, 4.69) is 20.5 Å². The molecule has 3 amide bonds. The lowest BCUT2D eigenvalue weighted by atomic mass is 10.1. The van der Waals surface area contributed by atoms with Crippen LogP contribution >= 0.6 is 12.2 Å². The van der Waals surface area contributed by atoms with E-state index in [4.69, 9.17) is 21.7 Å². The van der Waals surface area contributed by atoms with Crippen LogP contribution in [0.4, 0.5) is 16.3 Å². The molecule has 1 aliphatic rings. The van der Waals surface area contributed by atoms with E-state index < -0.39 is 6.04 Å². The Hall–Kier alpha value is -4.12. The number of aromatic nitrogens is 3. The second kappa shape index (κ2) is 10.9. The minimum Gasteiger partial charge on any atom is -0.497 e. The molecule has 3 heterocycles. The van der Waals surface area contributed by atoms with Crippen molar-refractivity contribution < 1.29 is 19.1 Å². The highest BCUT2D eigenvalue weighted by atomic mass is 32.1. The summed E-state index contributed by atoms with van der Waals surface area (Å²) in [6, 6.07) is 13.4. The van der Waals surface area contributed by atoms with Crippen molar-refractivity contribution in [1.82, 2.24) is 20.1 Å². The van der Waals surface area contributed by atoms with Gasteiger partial charge in [0.05, 0.1) is 38.6 Å². The summed E-state index contributed by atoms with van der Waals surface area (Å²) in [4.78, 5) is 33.8. The largest absolute Gasteiger partial charge is 0.497 e. The third kappa shape index (κ3) is 5.52. The molecule has 35 heavy (non-hydrogen) atoms. The Kier molecular flexibility index (Phi) is 7.46. The molecule has 1 atom stereocenters. The van der Waals surface area contributed by atoms with E-state index in [1.807, 2.05) is 24.3 Å². The van der Waals surface area contributed by atoms with Gasteiger partial charge in [-0.2, -0.15) is 0 Å². The molecule has 1 saturated heterocycles. The zero-order chi connectivity index (χ0) is 24.8. The Bertz CT molecular complexity index is 1190. The molecule has 1 aliphatic heterocycles. The van der Waals surface area contributed by atoms with Crippen LogP contribution in [0.15, 0.2) is 60.9 Å². The van der Waals surface area contributed by atoms with Gasteiger partial charge in [0.1, 0.15) is 10.7 Å². The number of nitrogens with one attached hydrogen (secondary N) is 1. The fourth-order valence-corrected chi connectivity index (χ4v) is 4.11. The van der Waals surface area contributed by atoms with Crippen molar-refractivity contribution in [2.75, 3.05) is 31.0 Å². The summed E-state index contributed by atoms with van der Waals surface area (Å²) < 4.78 is 10.2. The number of methoxy groups -OCH3 is 2. The van der Waals surface area contributed by atoms with Gasteiger partial charge in [-0.1, -0.05) is 24.4 Å². The molecule has 1 aromatic carbocycles.